The maximum Gasteiger partial charge on any atom is 0.240 e. The van der Waals surface area contributed by atoms with Crippen LogP contribution in [0.25, 0.3) is 0 Å². The van der Waals surface area contributed by atoms with Crippen molar-refractivity contribution < 1.29 is 4.79 Å². The Morgan fingerprint density at radius 2 is 2.25 bits per heavy atom. The lowest BCUT2D eigenvalue weighted by Crippen LogP contribution is -2.47. The molecule has 4 nitrogen and oxygen atoms in total. The van der Waals surface area contributed by atoms with Gasteiger partial charge in [0.2, 0.25) is 5.91 Å². The van der Waals surface area contributed by atoms with Gasteiger partial charge in [0.25, 0.3) is 0 Å². The molecular formula is C12H21N3O. The molecule has 1 N–H and O–H groups in total. The van der Waals surface area contributed by atoms with E-state index in [0.717, 1.165) is 39.0 Å². The van der Waals surface area contributed by atoms with Gasteiger partial charge in [-0.3, -0.25) is 9.69 Å². The molecule has 2 rings (SSSR count). The van der Waals surface area contributed by atoms with E-state index in [1.165, 1.54) is 12.1 Å². The fraction of sp³-hybridized carbons (Fsp3) is 0.750. The molecule has 0 saturated carbocycles. The van der Waals surface area contributed by atoms with Crippen molar-refractivity contribution in [3.63, 3.8) is 0 Å². The molecule has 1 fully saturated rings. The van der Waals surface area contributed by atoms with E-state index in [-0.39, 0.29) is 5.91 Å². The predicted molar refractivity (Wildman–Crippen MR) is 64.0 cm³/mol. The Morgan fingerprint density at radius 3 is 2.88 bits per heavy atom. The standard InChI is InChI=1S/C12H21N3O/c1-14(11-4-2-3-5-11)12(16)10-15-8-6-13-7-9-15/h4,13H,2-3,5-10H2,1H3. The first-order valence-electron chi connectivity index (χ1n) is 6.16. The van der Waals surface area contributed by atoms with Crippen LogP contribution in [0.2, 0.25) is 0 Å². The maximum atomic E-state index is 12.0. The van der Waals surface area contributed by atoms with Gasteiger partial charge in [-0.15, -0.1) is 0 Å². The zero-order chi connectivity index (χ0) is 11.4. The van der Waals surface area contributed by atoms with Gasteiger partial charge in [0.15, 0.2) is 0 Å². The summed E-state index contributed by atoms with van der Waals surface area (Å²) in [6.07, 6.45) is 5.57. The SMILES string of the molecule is CN(C(=O)CN1CCNCC1)C1=CCCC1. The lowest BCUT2D eigenvalue weighted by molar-refractivity contribution is -0.129. The molecule has 1 aliphatic heterocycles. The van der Waals surface area contributed by atoms with Crippen LogP contribution in [0.5, 0.6) is 0 Å². The number of piperazine rings is 1. The monoisotopic (exact) mass is 223 g/mol. The van der Waals surface area contributed by atoms with Gasteiger partial charge < -0.3 is 10.2 Å². The van der Waals surface area contributed by atoms with Gasteiger partial charge in [-0.1, -0.05) is 6.08 Å². The first-order valence-corrected chi connectivity index (χ1v) is 6.16. The lowest BCUT2D eigenvalue weighted by Gasteiger charge is -2.28. The van der Waals surface area contributed by atoms with Crippen molar-refractivity contribution in [1.29, 1.82) is 0 Å². The first kappa shape index (κ1) is 11.6. The normalized spacial score (nSPS) is 21.9. The van der Waals surface area contributed by atoms with Gasteiger partial charge in [0.05, 0.1) is 6.54 Å². The molecule has 1 amide bonds. The molecule has 16 heavy (non-hydrogen) atoms. The third-order valence-electron chi connectivity index (χ3n) is 3.39. The smallest absolute Gasteiger partial charge is 0.240 e. The molecule has 0 radical (unpaired) electrons. The molecule has 90 valence electrons. The molecule has 1 heterocycles. The largest absolute Gasteiger partial charge is 0.318 e. The van der Waals surface area contributed by atoms with E-state index >= 15 is 0 Å². The summed E-state index contributed by atoms with van der Waals surface area (Å²) >= 11 is 0. The average Bonchev–Trinajstić information content (AvgIpc) is 2.83. The van der Waals surface area contributed by atoms with E-state index in [2.05, 4.69) is 16.3 Å². The van der Waals surface area contributed by atoms with Crippen molar-refractivity contribution in [2.24, 2.45) is 0 Å². The Kier molecular flexibility index (Phi) is 3.96. The Morgan fingerprint density at radius 1 is 1.50 bits per heavy atom. The van der Waals surface area contributed by atoms with Gasteiger partial charge in [-0.25, -0.2) is 0 Å². The predicted octanol–water partition coefficient (Wildman–Crippen LogP) is 0.418. The topological polar surface area (TPSA) is 35.6 Å². The fourth-order valence-corrected chi connectivity index (χ4v) is 2.29. The number of hydrogen-bond donors (Lipinski definition) is 1. The molecule has 1 saturated heterocycles. The van der Waals surface area contributed by atoms with Crippen molar-refractivity contribution in [1.82, 2.24) is 15.1 Å². The van der Waals surface area contributed by atoms with E-state index in [1.807, 2.05) is 11.9 Å². The summed E-state index contributed by atoms with van der Waals surface area (Å²) in [5, 5.41) is 3.29. The Labute approximate surface area is 97.3 Å². The van der Waals surface area contributed by atoms with E-state index in [4.69, 9.17) is 0 Å². The van der Waals surface area contributed by atoms with Crippen LogP contribution in [0, 0.1) is 0 Å². The molecule has 0 spiro atoms. The number of allylic oxidation sites excluding steroid dienone is 2. The molecule has 0 unspecified atom stereocenters. The van der Waals surface area contributed by atoms with E-state index in [9.17, 15) is 4.79 Å². The van der Waals surface area contributed by atoms with Crippen LogP contribution in [0.3, 0.4) is 0 Å². The lowest BCUT2D eigenvalue weighted by atomic mass is 10.3. The summed E-state index contributed by atoms with van der Waals surface area (Å²) < 4.78 is 0. The highest BCUT2D eigenvalue weighted by molar-refractivity contribution is 5.79. The first-order chi connectivity index (χ1) is 7.77. The zero-order valence-corrected chi connectivity index (χ0v) is 10.0. The summed E-state index contributed by atoms with van der Waals surface area (Å²) in [5.41, 5.74) is 1.21. The van der Waals surface area contributed by atoms with Crippen LogP contribution in [-0.2, 0) is 4.79 Å². The number of carbonyl (C=O) groups excluding carboxylic acids is 1. The van der Waals surface area contributed by atoms with Crippen LogP contribution >= 0.6 is 0 Å². The minimum Gasteiger partial charge on any atom is -0.318 e. The molecule has 0 atom stereocenters. The van der Waals surface area contributed by atoms with Gasteiger partial charge >= 0.3 is 0 Å². The van der Waals surface area contributed by atoms with E-state index in [0.29, 0.717) is 6.54 Å². The minimum absolute atomic E-state index is 0.232. The number of amides is 1. The molecule has 4 heteroatoms. The van der Waals surface area contributed by atoms with Crippen molar-refractivity contribution in [3.05, 3.63) is 11.8 Å². The van der Waals surface area contributed by atoms with Gasteiger partial charge in [0, 0.05) is 38.9 Å². The highest BCUT2D eigenvalue weighted by Crippen LogP contribution is 2.20. The Balaban J connectivity index is 1.82. The molecule has 1 aliphatic carbocycles. The Hall–Kier alpha value is -0.870. The van der Waals surface area contributed by atoms with E-state index < -0.39 is 0 Å². The molecule has 0 aromatic carbocycles. The maximum absolute atomic E-state index is 12.0. The van der Waals surface area contributed by atoms with Crippen molar-refractivity contribution in [2.75, 3.05) is 39.8 Å². The summed E-state index contributed by atoms with van der Waals surface area (Å²) in [6, 6.07) is 0. The van der Waals surface area contributed by atoms with Crippen LogP contribution < -0.4 is 5.32 Å². The van der Waals surface area contributed by atoms with Crippen molar-refractivity contribution in [2.45, 2.75) is 19.3 Å². The number of nitrogens with zero attached hydrogens (tertiary/aromatic N) is 2. The zero-order valence-electron chi connectivity index (χ0n) is 10.0. The van der Waals surface area contributed by atoms with Gasteiger partial charge in [0.1, 0.15) is 0 Å². The number of carbonyl (C=O) groups is 1. The summed E-state index contributed by atoms with van der Waals surface area (Å²) in [5.74, 6) is 0.232. The highest BCUT2D eigenvalue weighted by Gasteiger charge is 2.19. The van der Waals surface area contributed by atoms with Crippen LogP contribution in [0.15, 0.2) is 11.8 Å². The average molecular weight is 223 g/mol. The van der Waals surface area contributed by atoms with Gasteiger partial charge in [-0.2, -0.15) is 0 Å². The molecule has 2 aliphatic rings. The van der Waals surface area contributed by atoms with Gasteiger partial charge in [-0.05, 0) is 19.3 Å². The summed E-state index contributed by atoms with van der Waals surface area (Å²) in [4.78, 5) is 16.1. The number of nitrogens with one attached hydrogen (secondary N) is 1. The molecule has 0 bridgehead atoms. The second-order valence-electron chi connectivity index (χ2n) is 4.57. The summed E-state index contributed by atoms with van der Waals surface area (Å²) in [6.45, 7) is 4.53. The number of likely N-dealkylation sites (N-methyl/N-ethyl adjacent to an activating group) is 1. The minimum atomic E-state index is 0.232. The Bertz CT molecular complexity index is 282. The third kappa shape index (κ3) is 2.83. The van der Waals surface area contributed by atoms with E-state index in [1.54, 1.807) is 0 Å². The highest BCUT2D eigenvalue weighted by atomic mass is 16.2. The number of rotatable bonds is 3. The number of hydrogen-bond acceptors (Lipinski definition) is 3. The molecule has 0 aromatic rings. The van der Waals surface area contributed by atoms with Crippen LogP contribution in [0.4, 0.5) is 0 Å². The molecular weight excluding hydrogens is 202 g/mol. The second-order valence-corrected chi connectivity index (χ2v) is 4.57. The van der Waals surface area contributed by atoms with Crippen LogP contribution in [-0.4, -0.2) is 55.5 Å². The van der Waals surface area contributed by atoms with Crippen LogP contribution in [0.1, 0.15) is 19.3 Å². The quantitative estimate of drug-likeness (QED) is 0.753. The van der Waals surface area contributed by atoms with Crippen molar-refractivity contribution in [3.8, 4) is 0 Å². The summed E-state index contributed by atoms with van der Waals surface area (Å²) in [7, 11) is 1.90. The second kappa shape index (κ2) is 5.46. The third-order valence-corrected chi connectivity index (χ3v) is 3.39. The van der Waals surface area contributed by atoms with Crippen molar-refractivity contribution >= 4 is 5.91 Å². The molecule has 0 aromatic heterocycles. The fourth-order valence-electron chi connectivity index (χ4n) is 2.29.